The predicted octanol–water partition coefficient (Wildman–Crippen LogP) is 5.51. The second kappa shape index (κ2) is 8.07. The highest BCUT2D eigenvalue weighted by molar-refractivity contribution is 8.14. The number of phenols is 1. The largest absolute Gasteiger partial charge is 0.508 e. The summed E-state index contributed by atoms with van der Waals surface area (Å²) in [5.74, 6) is -5.65. The maximum absolute atomic E-state index is 14.3. The molecule has 9 heteroatoms. The van der Waals surface area contributed by atoms with Crippen LogP contribution in [0, 0.1) is 30.2 Å². The number of nitrogens with zero attached hydrogens (tertiary/aromatic N) is 2. The van der Waals surface area contributed by atoms with Crippen molar-refractivity contribution in [3.05, 3.63) is 100 Å². The quantitative estimate of drug-likeness (QED) is 0.540. The number of amides is 1. The van der Waals surface area contributed by atoms with E-state index in [1.54, 1.807) is 19.1 Å². The van der Waals surface area contributed by atoms with Crippen LogP contribution in [0.15, 0.2) is 59.7 Å². The van der Waals surface area contributed by atoms with E-state index >= 15 is 0 Å². The summed E-state index contributed by atoms with van der Waals surface area (Å²) in [5, 5.41) is 14.7. The highest BCUT2D eigenvalue weighted by atomic mass is 32.2. The van der Waals surface area contributed by atoms with Gasteiger partial charge in [-0.2, -0.15) is 5.10 Å². The van der Waals surface area contributed by atoms with E-state index in [-0.39, 0.29) is 16.4 Å². The molecule has 1 N–H and O–H groups in total. The molecule has 1 unspecified atom stereocenters. The normalized spacial score (nSPS) is 15.8. The van der Waals surface area contributed by atoms with Gasteiger partial charge in [-0.05, 0) is 42.8 Å². The van der Waals surface area contributed by atoms with Crippen molar-refractivity contribution in [1.82, 2.24) is 5.01 Å². The molecule has 0 aromatic heterocycles. The Balaban J connectivity index is 1.81. The standard InChI is InChI=1S/C22H14F4N2O2S/c1-11-2-7-15(18(29)8-11)22-28(21(30)19-16(25)9-14(24)10-17(19)26)27-20(31-22)12-3-5-13(23)6-4-12/h2-10,22,29H,1H3. The summed E-state index contributed by atoms with van der Waals surface area (Å²) < 4.78 is 55.1. The van der Waals surface area contributed by atoms with Gasteiger partial charge in [-0.1, -0.05) is 23.9 Å². The fourth-order valence-electron chi connectivity index (χ4n) is 3.12. The van der Waals surface area contributed by atoms with Gasteiger partial charge >= 0.3 is 0 Å². The fraction of sp³-hybridized carbons (Fsp3) is 0.0909. The number of carbonyl (C=O) groups excluding carboxylic acids is 1. The first kappa shape index (κ1) is 20.9. The van der Waals surface area contributed by atoms with E-state index in [2.05, 4.69) is 5.10 Å². The third-order valence-electron chi connectivity index (χ3n) is 4.62. The molecule has 0 bridgehead atoms. The minimum absolute atomic E-state index is 0.133. The number of aryl methyl sites for hydroxylation is 1. The van der Waals surface area contributed by atoms with Gasteiger partial charge in [0.2, 0.25) is 0 Å². The first-order valence-corrected chi connectivity index (χ1v) is 9.91. The number of halogens is 4. The number of phenolic OH excluding ortho intramolecular Hbond substituents is 1. The number of hydrazone groups is 1. The van der Waals surface area contributed by atoms with E-state index in [0.29, 0.717) is 17.7 Å². The molecule has 0 aliphatic carbocycles. The Morgan fingerprint density at radius 3 is 2.23 bits per heavy atom. The minimum Gasteiger partial charge on any atom is -0.508 e. The molecule has 3 aromatic carbocycles. The van der Waals surface area contributed by atoms with Crippen LogP contribution in [0.3, 0.4) is 0 Å². The van der Waals surface area contributed by atoms with Gasteiger partial charge in [-0.15, -0.1) is 0 Å². The van der Waals surface area contributed by atoms with Crippen LogP contribution in [0.4, 0.5) is 17.6 Å². The van der Waals surface area contributed by atoms with Crippen molar-refractivity contribution < 1.29 is 27.5 Å². The summed E-state index contributed by atoms with van der Waals surface area (Å²) in [6.07, 6.45) is 0. The van der Waals surface area contributed by atoms with Gasteiger partial charge in [-0.3, -0.25) is 4.79 Å². The maximum Gasteiger partial charge on any atom is 0.281 e. The van der Waals surface area contributed by atoms with Crippen LogP contribution in [0.2, 0.25) is 0 Å². The Morgan fingerprint density at radius 1 is 0.968 bits per heavy atom. The van der Waals surface area contributed by atoms with Gasteiger partial charge < -0.3 is 5.11 Å². The molecule has 158 valence electrons. The predicted molar refractivity (Wildman–Crippen MR) is 109 cm³/mol. The van der Waals surface area contributed by atoms with Crippen molar-refractivity contribution in [2.24, 2.45) is 5.10 Å². The zero-order valence-corrected chi connectivity index (χ0v) is 16.8. The summed E-state index contributed by atoms with van der Waals surface area (Å²) in [7, 11) is 0. The Morgan fingerprint density at radius 2 is 1.61 bits per heavy atom. The van der Waals surface area contributed by atoms with Gasteiger partial charge in [0.1, 0.15) is 45.0 Å². The third-order valence-corrected chi connectivity index (χ3v) is 5.83. The summed E-state index contributed by atoms with van der Waals surface area (Å²) in [5.41, 5.74) is 0.547. The van der Waals surface area contributed by atoms with Crippen LogP contribution in [-0.2, 0) is 0 Å². The molecule has 0 saturated carbocycles. The average Bonchev–Trinajstić information content (AvgIpc) is 3.12. The smallest absolute Gasteiger partial charge is 0.281 e. The van der Waals surface area contributed by atoms with Crippen molar-refractivity contribution in [2.45, 2.75) is 12.3 Å². The van der Waals surface area contributed by atoms with Crippen LogP contribution < -0.4 is 0 Å². The Kier molecular flexibility index (Phi) is 5.45. The monoisotopic (exact) mass is 446 g/mol. The minimum atomic E-state index is -1.37. The number of hydrogen-bond acceptors (Lipinski definition) is 4. The third kappa shape index (κ3) is 4.00. The van der Waals surface area contributed by atoms with E-state index in [9.17, 15) is 27.5 Å². The number of thioether (sulfide) groups is 1. The van der Waals surface area contributed by atoms with Crippen LogP contribution in [0.1, 0.15) is 32.4 Å². The molecule has 31 heavy (non-hydrogen) atoms. The zero-order chi connectivity index (χ0) is 22.3. The molecular weight excluding hydrogens is 432 g/mol. The summed E-state index contributed by atoms with van der Waals surface area (Å²) in [4.78, 5) is 13.1. The van der Waals surface area contributed by atoms with Gasteiger partial charge in [0.05, 0.1) is 0 Å². The second-order valence-electron chi connectivity index (χ2n) is 6.84. The van der Waals surface area contributed by atoms with E-state index in [1.807, 2.05) is 0 Å². The van der Waals surface area contributed by atoms with Crippen molar-refractivity contribution in [3.63, 3.8) is 0 Å². The fourth-order valence-corrected chi connectivity index (χ4v) is 4.31. The summed E-state index contributed by atoms with van der Waals surface area (Å²) >= 11 is 1.04. The molecule has 0 spiro atoms. The molecule has 4 nitrogen and oxygen atoms in total. The lowest BCUT2D eigenvalue weighted by Gasteiger charge is -2.22. The second-order valence-corrected chi connectivity index (χ2v) is 7.91. The molecule has 1 atom stereocenters. The molecule has 1 aliphatic rings. The van der Waals surface area contributed by atoms with Crippen molar-refractivity contribution in [1.29, 1.82) is 0 Å². The van der Waals surface area contributed by atoms with E-state index < -0.39 is 40.1 Å². The topological polar surface area (TPSA) is 52.9 Å². The number of carbonyl (C=O) groups is 1. The first-order chi connectivity index (χ1) is 14.7. The van der Waals surface area contributed by atoms with Crippen LogP contribution in [0.25, 0.3) is 0 Å². The van der Waals surface area contributed by atoms with Crippen molar-refractivity contribution in [3.8, 4) is 5.75 Å². The van der Waals surface area contributed by atoms with Crippen molar-refractivity contribution in [2.75, 3.05) is 0 Å². The highest BCUT2D eigenvalue weighted by Gasteiger charge is 2.38. The Bertz CT molecular complexity index is 1190. The lowest BCUT2D eigenvalue weighted by molar-refractivity contribution is 0.0738. The molecule has 1 aliphatic heterocycles. The zero-order valence-electron chi connectivity index (χ0n) is 15.9. The van der Waals surface area contributed by atoms with Crippen LogP contribution in [-0.4, -0.2) is 21.1 Å². The van der Waals surface area contributed by atoms with Crippen LogP contribution in [0.5, 0.6) is 5.75 Å². The summed E-state index contributed by atoms with van der Waals surface area (Å²) in [6, 6.07) is 10.9. The van der Waals surface area contributed by atoms with Gasteiger partial charge in [0.25, 0.3) is 5.91 Å². The molecule has 0 radical (unpaired) electrons. The molecule has 0 fully saturated rings. The number of rotatable bonds is 3. The SMILES string of the molecule is Cc1ccc(C2SC(c3ccc(F)cc3)=NN2C(=O)c2c(F)cc(F)cc2F)c(O)c1. The number of hydrogen-bond donors (Lipinski definition) is 1. The van der Waals surface area contributed by atoms with E-state index in [1.165, 1.54) is 30.3 Å². The van der Waals surface area contributed by atoms with Gasteiger partial charge in [0.15, 0.2) is 0 Å². The Hall–Kier alpha value is -3.33. The molecule has 1 heterocycles. The molecule has 3 aromatic rings. The molecule has 4 rings (SSSR count). The van der Waals surface area contributed by atoms with Gasteiger partial charge in [0, 0.05) is 23.3 Å². The molecule has 1 amide bonds. The van der Waals surface area contributed by atoms with E-state index in [0.717, 1.165) is 22.3 Å². The summed E-state index contributed by atoms with van der Waals surface area (Å²) in [6.45, 7) is 1.76. The lowest BCUT2D eigenvalue weighted by Crippen LogP contribution is -2.28. The van der Waals surface area contributed by atoms with Gasteiger partial charge in [-0.25, -0.2) is 22.6 Å². The number of aromatic hydroxyl groups is 1. The lowest BCUT2D eigenvalue weighted by atomic mass is 10.1. The van der Waals surface area contributed by atoms with E-state index in [4.69, 9.17) is 0 Å². The first-order valence-electron chi connectivity index (χ1n) is 9.03. The average molecular weight is 446 g/mol. The Labute approximate surface area is 178 Å². The molecule has 0 saturated heterocycles. The van der Waals surface area contributed by atoms with Crippen LogP contribution >= 0.6 is 11.8 Å². The maximum atomic E-state index is 14.3. The number of benzene rings is 3. The van der Waals surface area contributed by atoms with Crippen molar-refractivity contribution >= 4 is 22.7 Å². The molecular formula is C22H14F4N2O2S. The highest BCUT2D eigenvalue weighted by Crippen LogP contribution is 2.45.